The molecule has 0 spiro atoms. The van der Waals surface area contributed by atoms with Crippen LogP contribution in [0.15, 0.2) is 57.7 Å². The Bertz CT molecular complexity index is 724. The summed E-state index contributed by atoms with van der Waals surface area (Å²) in [6.07, 6.45) is 4.74. The van der Waals surface area contributed by atoms with Crippen LogP contribution < -0.4 is 5.32 Å². The molecule has 1 unspecified atom stereocenters. The molecule has 0 bridgehead atoms. The highest BCUT2D eigenvalue weighted by atomic mass is 79.9. The molecule has 3 rings (SSSR count). The molecule has 0 aliphatic heterocycles. The lowest BCUT2D eigenvalue weighted by atomic mass is 10.1. The van der Waals surface area contributed by atoms with Gasteiger partial charge in [-0.25, -0.2) is 0 Å². The molecule has 21 heavy (non-hydrogen) atoms. The topological polar surface area (TPSA) is 38.1 Å². The van der Waals surface area contributed by atoms with Crippen molar-refractivity contribution < 1.29 is 4.42 Å². The largest absolute Gasteiger partial charge is 0.458 e. The van der Waals surface area contributed by atoms with E-state index in [0.717, 1.165) is 39.7 Å². The first-order valence-electron chi connectivity index (χ1n) is 7.11. The molecule has 1 N–H and O–H groups in total. The van der Waals surface area contributed by atoms with E-state index in [4.69, 9.17) is 4.42 Å². The van der Waals surface area contributed by atoms with E-state index in [0.29, 0.717) is 0 Å². The van der Waals surface area contributed by atoms with Crippen LogP contribution in [0.25, 0.3) is 11.0 Å². The first-order valence-corrected chi connectivity index (χ1v) is 7.90. The molecule has 0 radical (unpaired) electrons. The van der Waals surface area contributed by atoms with Gasteiger partial charge in [0.05, 0.1) is 10.5 Å². The first-order chi connectivity index (χ1) is 10.3. The van der Waals surface area contributed by atoms with Crippen molar-refractivity contribution in [2.24, 2.45) is 0 Å². The molecular formula is C17H17BrN2O. The molecule has 0 aliphatic carbocycles. The van der Waals surface area contributed by atoms with Gasteiger partial charge in [0.1, 0.15) is 11.3 Å². The predicted molar refractivity (Wildman–Crippen MR) is 88.3 cm³/mol. The highest BCUT2D eigenvalue weighted by Gasteiger charge is 2.18. The van der Waals surface area contributed by atoms with Crippen molar-refractivity contribution in [1.82, 2.24) is 10.3 Å². The molecule has 2 aromatic heterocycles. The second-order valence-corrected chi connectivity index (χ2v) is 5.83. The van der Waals surface area contributed by atoms with Crippen LogP contribution in [0.2, 0.25) is 0 Å². The summed E-state index contributed by atoms with van der Waals surface area (Å²) < 4.78 is 7.05. The molecule has 0 amide bonds. The van der Waals surface area contributed by atoms with E-state index in [1.54, 1.807) is 6.20 Å². The highest BCUT2D eigenvalue weighted by molar-refractivity contribution is 9.10. The lowest BCUT2D eigenvalue weighted by Gasteiger charge is -2.16. The van der Waals surface area contributed by atoms with Crippen molar-refractivity contribution in [3.05, 3.63) is 64.6 Å². The van der Waals surface area contributed by atoms with E-state index in [2.05, 4.69) is 51.4 Å². The van der Waals surface area contributed by atoms with Gasteiger partial charge >= 0.3 is 0 Å². The minimum Gasteiger partial charge on any atom is -0.458 e. The Kier molecular flexibility index (Phi) is 4.36. The molecule has 3 aromatic rings. The van der Waals surface area contributed by atoms with E-state index in [1.165, 1.54) is 0 Å². The van der Waals surface area contributed by atoms with Gasteiger partial charge < -0.3 is 9.73 Å². The summed E-state index contributed by atoms with van der Waals surface area (Å²) in [6.45, 7) is 3.08. The van der Waals surface area contributed by atoms with E-state index in [9.17, 15) is 0 Å². The van der Waals surface area contributed by atoms with Crippen LogP contribution >= 0.6 is 15.9 Å². The van der Waals surface area contributed by atoms with Crippen LogP contribution in [0.4, 0.5) is 0 Å². The molecule has 4 heteroatoms. The maximum Gasteiger partial charge on any atom is 0.148 e. The van der Waals surface area contributed by atoms with Crippen LogP contribution in [0.1, 0.15) is 30.7 Å². The van der Waals surface area contributed by atoms with Gasteiger partial charge in [-0.3, -0.25) is 4.98 Å². The lowest BCUT2D eigenvalue weighted by molar-refractivity contribution is 0.468. The molecule has 0 saturated heterocycles. The summed E-state index contributed by atoms with van der Waals surface area (Å²) in [7, 11) is 0. The Hall–Kier alpha value is -1.65. The van der Waals surface area contributed by atoms with E-state index in [-0.39, 0.29) is 6.04 Å². The lowest BCUT2D eigenvalue weighted by Crippen LogP contribution is -2.22. The van der Waals surface area contributed by atoms with E-state index in [1.807, 2.05) is 24.4 Å². The van der Waals surface area contributed by atoms with Crippen LogP contribution in [0.3, 0.4) is 0 Å². The summed E-state index contributed by atoms with van der Waals surface area (Å²) >= 11 is 3.54. The highest BCUT2D eigenvalue weighted by Crippen LogP contribution is 2.31. The van der Waals surface area contributed by atoms with Crippen LogP contribution in [0.5, 0.6) is 0 Å². The Balaban J connectivity index is 2.03. The summed E-state index contributed by atoms with van der Waals surface area (Å²) in [4.78, 5) is 4.22. The predicted octanol–water partition coefficient (Wildman–Crippen LogP) is 4.68. The number of furan rings is 1. The van der Waals surface area contributed by atoms with Crippen molar-refractivity contribution in [1.29, 1.82) is 0 Å². The van der Waals surface area contributed by atoms with Crippen molar-refractivity contribution in [2.45, 2.75) is 19.4 Å². The average Bonchev–Trinajstić information content (AvgIpc) is 2.94. The zero-order valence-electron chi connectivity index (χ0n) is 11.8. The molecule has 0 aliphatic rings. The van der Waals surface area contributed by atoms with Gasteiger partial charge in [-0.2, -0.15) is 0 Å². The summed E-state index contributed by atoms with van der Waals surface area (Å²) in [5.74, 6) is 0.915. The average molecular weight is 345 g/mol. The maximum absolute atomic E-state index is 6.08. The standard InChI is InChI=1S/C17H17BrN2O/c1-2-8-20-16(13-6-4-9-19-11-13)15-10-12-5-3-7-14(18)17(12)21-15/h3-7,9-11,16,20H,2,8H2,1H3. The van der Waals surface area contributed by atoms with Crippen LogP contribution in [-0.4, -0.2) is 11.5 Å². The Morgan fingerprint density at radius 3 is 2.90 bits per heavy atom. The van der Waals surface area contributed by atoms with E-state index < -0.39 is 0 Å². The molecule has 0 fully saturated rings. The van der Waals surface area contributed by atoms with Gasteiger partial charge in [-0.1, -0.05) is 25.1 Å². The summed E-state index contributed by atoms with van der Waals surface area (Å²) in [5.41, 5.74) is 2.00. The third-order valence-corrected chi connectivity index (χ3v) is 4.04. The number of nitrogens with zero attached hydrogens (tertiary/aromatic N) is 1. The van der Waals surface area contributed by atoms with Gasteiger partial charge in [-0.05, 0) is 52.7 Å². The summed E-state index contributed by atoms with van der Waals surface area (Å²) in [6, 6.07) is 12.2. The molecular weight excluding hydrogens is 328 g/mol. The number of pyridine rings is 1. The van der Waals surface area contributed by atoms with Crippen LogP contribution in [-0.2, 0) is 0 Å². The molecule has 1 atom stereocenters. The zero-order chi connectivity index (χ0) is 14.7. The fourth-order valence-corrected chi connectivity index (χ4v) is 2.87. The van der Waals surface area contributed by atoms with Crippen LogP contribution in [0, 0.1) is 0 Å². The molecule has 2 heterocycles. The third-order valence-electron chi connectivity index (χ3n) is 3.42. The van der Waals surface area contributed by atoms with Crippen molar-refractivity contribution >= 4 is 26.9 Å². The molecule has 3 nitrogen and oxygen atoms in total. The van der Waals surface area contributed by atoms with Crippen molar-refractivity contribution in [3.8, 4) is 0 Å². The Labute approximate surface area is 132 Å². The number of benzene rings is 1. The molecule has 0 saturated carbocycles. The molecule has 108 valence electrons. The Morgan fingerprint density at radius 1 is 1.29 bits per heavy atom. The number of nitrogens with one attached hydrogen (secondary N) is 1. The normalized spacial score (nSPS) is 12.7. The summed E-state index contributed by atoms with van der Waals surface area (Å²) in [5, 5.41) is 4.64. The zero-order valence-corrected chi connectivity index (χ0v) is 13.4. The van der Waals surface area contributed by atoms with Crippen molar-refractivity contribution in [3.63, 3.8) is 0 Å². The monoisotopic (exact) mass is 344 g/mol. The number of aromatic nitrogens is 1. The first kappa shape index (κ1) is 14.3. The maximum atomic E-state index is 6.08. The number of hydrogen-bond donors (Lipinski definition) is 1. The van der Waals surface area contributed by atoms with Gasteiger partial charge in [0.2, 0.25) is 0 Å². The second kappa shape index (κ2) is 6.41. The quantitative estimate of drug-likeness (QED) is 0.730. The SMILES string of the molecule is CCCNC(c1cccnc1)c1cc2cccc(Br)c2o1. The fourth-order valence-electron chi connectivity index (χ4n) is 2.41. The van der Waals surface area contributed by atoms with Gasteiger partial charge in [0, 0.05) is 17.8 Å². The minimum atomic E-state index is 0.0259. The molecule has 1 aromatic carbocycles. The fraction of sp³-hybridized carbons (Fsp3) is 0.235. The van der Waals surface area contributed by atoms with E-state index >= 15 is 0 Å². The van der Waals surface area contributed by atoms with Crippen molar-refractivity contribution in [2.75, 3.05) is 6.54 Å². The Morgan fingerprint density at radius 2 is 2.19 bits per heavy atom. The van der Waals surface area contributed by atoms with Gasteiger partial charge in [0.15, 0.2) is 0 Å². The number of rotatable bonds is 5. The number of halogens is 1. The number of hydrogen-bond acceptors (Lipinski definition) is 3. The van der Waals surface area contributed by atoms with Gasteiger partial charge in [0.25, 0.3) is 0 Å². The second-order valence-electron chi connectivity index (χ2n) is 4.98. The number of para-hydroxylation sites is 1. The number of fused-ring (bicyclic) bond motifs is 1. The smallest absolute Gasteiger partial charge is 0.148 e. The third kappa shape index (κ3) is 3.01. The van der Waals surface area contributed by atoms with Gasteiger partial charge in [-0.15, -0.1) is 0 Å². The minimum absolute atomic E-state index is 0.0259.